The molecule has 20 heavy (non-hydrogen) atoms. The van der Waals surface area contributed by atoms with Crippen molar-refractivity contribution in [2.45, 2.75) is 60.0 Å². The number of aliphatic hydroxyl groups is 1. The average molecular weight is 284 g/mol. The van der Waals surface area contributed by atoms with Gasteiger partial charge in [0.05, 0.1) is 6.10 Å². The molecule has 3 nitrogen and oxygen atoms in total. The minimum absolute atomic E-state index is 0.0947. The van der Waals surface area contributed by atoms with Crippen molar-refractivity contribution in [1.82, 2.24) is 10.2 Å². The van der Waals surface area contributed by atoms with E-state index in [2.05, 4.69) is 44.8 Å². The Morgan fingerprint density at radius 2 is 2.10 bits per heavy atom. The van der Waals surface area contributed by atoms with E-state index >= 15 is 0 Å². The molecule has 0 radical (unpaired) electrons. The molecule has 1 heterocycles. The number of rotatable bonds is 8. The Kier molecular flexibility index (Phi) is 7.49. The van der Waals surface area contributed by atoms with Crippen molar-refractivity contribution in [2.24, 2.45) is 17.3 Å². The molecule has 3 atom stereocenters. The Morgan fingerprint density at radius 3 is 2.65 bits per heavy atom. The van der Waals surface area contributed by atoms with Crippen LogP contribution in [0.15, 0.2) is 0 Å². The van der Waals surface area contributed by atoms with Gasteiger partial charge in [-0.05, 0) is 36.6 Å². The first kappa shape index (κ1) is 17.9. The van der Waals surface area contributed by atoms with Crippen molar-refractivity contribution in [2.75, 3.05) is 32.7 Å². The van der Waals surface area contributed by atoms with Gasteiger partial charge in [0, 0.05) is 26.2 Å². The molecule has 2 N–H and O–H groups in total. The van der Waals surface area contributed by atoms with E-state index < -0.39 is 0 Å². The van der Waals surface area contributed by atoms with Crippen LogP contribution in [0.1, 0.15) is 53.9 Å². The van der Waals surface area contributed by atoms with Crippen LogP contribution in [-0.4, -0.2) is 48.8 Å². The minimum Gasteiger partial charge on any atom is -0.393 e. The Hall–Kier alpha value is -0.120. The molecule has 1 aliphatic rings. The maximum absolute atomic E-state index is 9.86. The Labute approximate surface area is 126 Å². The van der Waals surface area contributed by atoms with Gasteiger partial charge in [0.15, 0.2) is 0 Å². The van der Waals surface area contributed by atoms with E-state index in [1.54, 1.807) is 0 Å². The summed E-state index contributed by atoms with van der Waals surface area (Å²) in [6, 6.07) is 0. The fraction of sp³-hybridized carbons (Fsp3) is 1.00. The normalized spacial score (nSPS) is 27.8. The Morgan fingerprint density at radius 1 is 1.40 bits per heavy atom. The largest absolute Gasteiger partial charge is 0.393 e. The van der Waals surface area contributed by atoms with E-state index in [-0.39, 0.29) is 6.10 Å². The first-order valence-electron chi connectivity index (χ1n) is 8.47. The summed E-state index contributed by atoms with van der Waals surface area (Å²) in [7, 11) is 0. The SMILES string of the molecule is CCCC(C)(CNCC(C)C)CN1CCC(O)C(C)C1. The van der Waals surface area contributed by atoms with Crippen LogP contribution in [0.5, 0.6) is 0 Å². The molecule has 1 aliphatic heterocycles. The van der Waals surface area contributed by atoms with Crippen LogP contribution >= 0.6 is 0 Å². The van der Waals surface area contributed by atoms with Crippen molar-refractivity contribution < 1.29 is 5.11 Å². The number of aliphatic hydroxyl groups excluding tert-OH is 1. The van der Waals surface area contributed by atoms with Crippen LogP contribution in [0.2, 0.25) is 0 Å². The number of piperidine rings is 1. The predicted octanol–water partition coefficient (Wildman–Crippen LogP) is 2.74. The van der Waals surface area contributed by atoms with E-state index in [4.69, 9.17) is 0 Å². The molecule has 3 heteroatoms. The summed E-state index contributed by atoms with van der Waals surface area (Å²) in [5.74, 6) is 1.13. The minimum atomic E-state index is -0.0947. The van der Waals surface area contributed by atoms with Crippen LogP contribution < -0.4 is 5.32 Å². The van der Waals surface area contributed by atoms with Crippen molar-refractivity contribution in [3.05, 3.63) is 0 Å². The van der Waals surface area contributed by atoms with Gasteiger partial charge in [-0.1, -0.05) is 41.0 Å². The molecular weight excluding hydrogens is 248 g/mol. The molecule has 0 aromatic rings. The molecule has 0 aromatic heterocycles. The molecule has 3 unspecified atom stereocenters. The maximum atomic E-state index is 9.86. The highest BCUT2D eigenvalue weighted by molar-refractivity contribution is 4.85. The fourth-order valence-corrected chi connectivity index (χ4v) is 3.39. The van der Waals surface area contributed by atoms with E-state index in [1.165, 1.54) is 12.8 Å². The quantitative estimate of drug-likeness (QED) is 0.719. The number of hydrogen-bond donors (Lipinski definition) is 2. The zero-order chi connectivity index (χ0) is 15.2. The third-order valence-corrected chi connectivity index (χ3v) is 4.51. The van der Waals surface area contributed by atoms with Gasteiger partial charge in [0.25, 0.3) is 0 Å². The summed E-state index contributed by atoms with van der Waals surface area (Å²) in [4.78, 5) is 2.56. The lowest BCUT2D eigenvalue weighted by atomic mass is 9.83. The molecule has 0 saturated carbocycles. The first-order valence-corrected chi connectivity index (χ1v) is 8.47. The second-order valence-corrected chi connectivity index (χ2v) is 7.65. The first-order chi connectivity index (χ1) is 9.36. The van der Waals surface area contributed by atoms with Crippen molar-refractivity contribution in [1.29, 1.82) is 0 Å². The van der Waals surface area contributed by atoms with Crippen LogP contribution in [0.3, 0.4) is 0 Å². The molecule has 120 valence electrons. The molecule has 1 rings (SSSR count). The number of nitrogens with one attached hydrogen (secondary N) is 1. The van der Waals surface area contributed by atoms with E-state index in [1.807, 2.05) is 0 Å². The van der Waals surface area contributed by atoms with Crippen LogP contribution in [0, 0.1) is 17.3 Å². The zero-order valence-electron chi connectivity index (χ0n) is 14.3. The number of hydrogen-bond acceptors (Lipinski definition) is 3. The highest BCUT2D eigenvalue weighted by Crippen LogP contribution is 2.27. The fourth-order valence-electron chi connectivity index (χ4n) is 3.39. The third-order valence-electron chi connectivity index (χ3n) is 4.51. The summed E-state index contributed by atoms with van der Waals surface area (Å²) in [5, 5.41) is 13.5. The average Bonchev–Trinajstić information content (AvgIpc) is 2.33. The smallest absolute Gasteiger partial charge is 0.0590 e. The van der Waals surface area contributed by atoms with Gasteiger partial charge < -0.3 is 15.3 Å². The zero-order valence-corrected chi connectivity index (χ0v) is 14.3. The molecular formula is C17H36N2O. The highest BCUT2D eigenvalue weighted by atomic mass is 16.3. The molecule has 0 bridgehead atoms. The monoisotopic (exact) mass is 284 g/mol. The Balaban J connectivity index is 2.48. The lowest BCUT2D eigenvalue weighted by Gasteiger charge is -2.41. The van der Waals surface area contributed by atoms with Gasteiger partial charge in [-0.15, -0.1) is 0 Å². The second-order valence-electron chi connectivity index (χ2n) is 7.65. The van der Waals surface area contributed by atoms with E-state index in [0.29, 0.717) is 17.3 Å². The van der Waals surface area contributed by atoms with Crippen LogP contribution in [-0.2, 0) is 0 Å². The second kappa shape index (κ2) is 8.35. The summed E-state index contributed by atoms with van der Waals surface area (Å²) in [6.07, 6.45) is 3.35. The molecule has 0 amide bonds. The predicted molar refractivity (Wildman–Crippen MR) is 87.0 cm³/mol. The lowest BCUT2D eigenvalue weighted by Crippen LogP contribution is -2.48. The summed E-state index contributed by atoms with van der Waals surface area (Å²) in [5.41, 5.74) is 0.353. The molecule has 0 spiro atoms. The highest BCUT2D eigenvalue weighted by Gasteiger charge is 2.30. The van der Waals surface area contributed by atoms with Gasteiger partial charge in [-0.3, -0.25) is 0 Å². The van der Waals surface area contributed by atoms with Crippen molar-refractivity contribution in [3.8, 4) is 0 Å². The van der Waals surface area contributed by atoms with E-state index in [0.717, 1.165) is 39.1 Å². The van der Waals surface area contributed by atoms with E-state index in [9.17, 15) is 5.11 Å². The summed E-state index contributed by atoms with van der Waals surface area (Å²) in [6.45, 7) is 16.9. The molecule has 0 aliphatic carbocycles. The van der Waals surface area contributed by atoms with Gasteiger partial charge >= 0.3 is 0 Å². The Bertz CT molecular complexity index is 270. The van der Waals surface area contributed by atoms with Gasteiger partial charge in [-0.2, -0.15) is 0 Å². The van der Waals surface area contributed by atoms with Crippen molar-refractivity contribution in [3.63, 3.8) is 0 Å². The van der Waals surface area contributed by atoms with Crippen LogP contribution in [0.4, 0.5) is 0 Å². The topological polar surface area (TPSA) is 35.5 Å². The summed E-state index contributed by atoms with van der Waals surface area (Å²) < 4.78 is 0. The van der Waals surface area contributed by atoms with Gasteiger partial charge in [0.2, 0.25) is 0 Å². The standard InChI is InChI=1S/C17H36N2O/c1-6-8-17(5,12-18-10-14(2)3)13-19-9-7-16(20)15(4)11-19/h14-16,18,20H,6-13H2,1-5H3. The van der Waals surface area contributed by atoms with Gasteiger partial charge in [-0.25, -0.2) is 0 Å². The van der Waals surface area contributed by atoms with Crippen LogP contribution in [0.25, 0.3) is 0 Å². The number of nitrogens with zero attached hydrogens (tertiary/aromatic N) is 1. The molecule has 1 saturated heterocycles. The molecule has 1 fully saturated rings. The van der Waals surface area contributed by atoms with Gasteiger partial charge in [0.1, 0.15) is 0 Å². The third kappa shape index (κ3) is 6.11. The number of likely N-dealkylation sites (tertiary alicyclic amines) is 1. The maximum Gasteiger partial charge on any atom is 0.0590 e. The van der Waals surface area contributed by atoms with Crippen molar-refractivity contribution >= 4 is 0 Å². The lowest BCUT2D eigenvalue weighted by molar-refractivity contribution is 0.0171. The summed E-state index contributed by atoms with van der Waals surface area (Å²) >= 11 is 0. The molecule has 0 aromatic carbocycles.